The fourth-order valence-electron chi connectivity index (χ4n) is 3.83. The van der Waals surface area contributed by atoms with Gasteiger partial charge >= 0.3 is 0 Å². The molecule has 0 amide bonds. The summed E-state index contributed by atoms with van der Waals surface area (Å²) in [5.41, 5.74) is 3.63. The fraction of sp³-hybridized carbons (Fsp3) is 0.435. The number of ketones is 1. The van der Waals surface area contributed by atoms with E-state index in [0.717, 1.165) is 50.5 Å². The van der Waals surface area contributed by atoms with Gasteiger partial charge in [-0.15, -0.1) is 0 Å². The van der Waals surface area contributed by atoms with Crippen molar-refractivity contribution in [1.82, 2.24) is 9.80 Å². The second-order valence-electron chi connectivity index (χ2n) is 7.52. The molecule has 1 saturated heterocycles. The average molecular weight is 380 g/mol. The highest BCUT2D eigenvalue weighted by molar-refractivity contribution is 5.97. The molecule has 0 unspecified atom stereocenters. The molecule has 0 aromatic heterocycles. The lowest BCUT2D eigenvalue weighted by molar-refractivity contribution is 0.0371. The molecule has 2 aliphatic heterocycles. The highest BCUT2D eigenvalue weighted by Gasteiger charge is 2.17. The number of carbonyl (C=O) groups excluding carboxylic acids is 1. The molecule has 0 radical (unpaired) electrons. The number of morpholine rings is 1. The maximum Gasteiger partial charge on any atom is 0.176 e. The molecular formula is C23H28N2O3. The van der Waals surface area contributed by atoms with E-state index in [1.165, 1.54) is 11.1 Å². The molecular weight excluding hydrogens is 352 g/mol. The molecule has 0 atom stereocenters. The van der Waals surface area contributed by atoms with E-state index in [0.29, 0.717) is 26.4 Å². The predicted molar refractivity (Wildman–Crippen MR) is 109 cm³/mol. The van der Waals surface area contributed by atoms with E-state index < -0.39 is 0 Å². The zero-order chi connectivity index (χ0) is 19.2. The van der Waals surface area contributed by atoms with Crippen molar-refractivity contribution in [3.05, 3.63) is 65.2 Å². The normalized spacial score (nSPS) is 17.4. The van der Waals surface area contributed by atoms with Gasteiger partial charge in [-0.1, -0.05) is 24.3 Å². The maximum absolute atomic E-state index is 12.4. The Balaban J connectivity index is 1.17. The van der Waals surface area contributed by atoms with Crippen molar-refractivity contribution < 1.29 is 14.3 Å². The average Bonchev–Trinajstić information content (AvgIpc) is 3.15. The monoisotopic (exact) mass is 380 g/mol. The van der Waals surface area contributed by atoms with Gasteiger partial charge in [0.15, 0.2) is 5.78 Å². The van der Waals surface area contributed by atoms with Crippen LogP contribution in [0.15, 0.2) is 48.5 Å². The van der Waals surface area contributed by atoms with Gasteiger partial charge in [0.1, 0.15) is 5.75 Å². The Bertz CT molecular complexity index is 760. The van der Waals surface area contributed by atoms with Crippen molar-refractivity contribution in [2.24, 2.45) is 0 Å². The Hall–Kier alpha value is -2.21. The van der Waals surface area contributed by atoms with Gasteiger partial charge < -0.3 is 9.47 Å². The van der Waals surface area contributed by atoms with Crippen LogP contribution in [0, 0.1) is 0 Å². The fourth-order valence-corrected chi connectivity index (χ4v) is 3.83. The summed E-state index contributed by atoms with van der Waals surface area (Å²) < 4.78 is 11.2. The number of Topliss-reactive ketones (excluding diaryl/α,β-unsaturated/α-hetero) is 1. The minimum atomic E-state index is 0.155. The van der Waals surface area contributed by atoms with Crippen molar-refractivity contribution >= 4 is 5.78 Å². The number of fused-ring (bicyclic) bond motifs is 1. The second-order valence-corrected chi connectivity index (χ2v) is 7.52. The highest BCUT2D eigenvalue weighted by Crippen LogP contribution is 2.22. The third-order valence-corrected chi connectivity index (χ3v) is 5.44. The number of rotatable bonds is 8. The molecule has 1 fully saturated rings. The van der Waals surface area contributed by atoms with Crippen LogP contribution < -0.4 is 4.74 Å². The summed E-state index contributed by atoms with van der Waals surface area (Å²) in [4.78, 5) is 17.0. The molecule has 28 heavy (non-hydrogen) atoms. The summed E-state index contributed by atoms with van der Waals surface area (Å²) in [6.07, 6.45) is 0.992. The standard InChI is InChI=1S/C23H28N2O3/c26-23(18-24-11-14-27-15-12-24)19-6-8-22(9-7-19)28-13-3-10-25-16-20-4-1-2-5-21(20)17-25/h1-2,4-9H,3,10-18H2. The zero-order valence-electron chi connectivity index (χ0n) is 16.3. The van der Waals surface area contributed by atoms with Crippen molar-refractivity contribution in [2.45, 2.75) is 19.5 Å². The first-order valence-corrected chi connectivity index (χ1v) is 10.1. The molecule has 148 valence electrons. The summed E-state index contributed by atoms with van der Waals surface area (Å²) in [5, 5.41) is 0. The van der Waals surface area contributed by atoms with Crippen LogP contribution in [0.1, 0.15) is 27.9 Å². The molecule has 0 saturated carbocycles. The summed E-state index contributed by atoms with van der Waals surface area (Å²) >= 11 is 0. The lowest BCUT2D eigenvalue weighted by atomic mass is 10.1. The first kappa shape index (κ1) is 19.1. The van der Waals surface area contributed by atoms with Gasteiger partial charge in [0.2, 0.25) is 0 Å². The molecule has 5 heteroatoms. The number of carbonyl (C=O) groups is 1. The van der Waals surface area contributed by atoms with E-state index >= 15 is 0 Å². The van der Waals surface area contributed by atoms with Crippen LogP contribution in [0.3, 0.4) is 0 Å². The van der Waals surface area contributed by atoms with Crippen LogP contribution in [0.25, 0.3) is 0 Å². The van der Waals surface area contributed by atoms with Gasteiger partial charge in [-0.25, -0.2) is 0 Å². The smallest absolute Gasteiger partial charge is 0.176 e. The summed E-state index contributed by atoms with van der Waals surface area (Å²) in [6.45, 7) is 7.34. The van der Waals surface area contributed by atoms with Gasteiger partial charge in [-0.2, -0.15) is 0 Å². The number of benzene rings is 2. The minimum Gasteiger partial charge on any atom is -0.494 e. The number of nitrogens with zero attached hydrogens (tertiary/aromatic N) is 2. The van der Waals surface area contributed by atoms with Crippen molar-refractivity contribution in [2.75, 3.05) is 46.0 Å². The molecule has 0 spiro atoms. The second kappa shape index (κ2) is 9.32. The van der Waals surface area contributed by atoms with Crippen molar-refractivity contribution in [3.8, 4) is 5.75 Å². The summed E-state index contributed by atoms with van der Waals surface area (Å²) in [5.74, 6) is 0.981. The minimum absolute atomic E-state index is 0.155. The van der Waals surface area contributed by atoms with E-state index in [-0.39, 0.29) is 5.78 Å². The number of ether oxygens (including phenoxy) is 2. The van der Waals surface area contributed by atoms with Gasteiger partial charge in [0, 0.05) is 38.3 Å². The third kappa shape index (κ3) is 4.98. The molecule has 4 rings (SSSR count). The van der Waals surface area contributed by atoms with Gasteiger partial charge in [0.05, 0.1) is 26.4 Å². The summed E-state index contributed by atoms with van der Waals surface area (Å²) in [7, 11) is 0. The first-order chi connectivity index (χ1) is 13.8. The van der Waals surface area contributed by atoms with E-state index in [2.05, 4.69) is 34.1 Å². The first-order valence-electron chi connectivity index (χ1n) is 10.1. The van der Waals surface area contributed by atoms with E-state index in [4.69, 9.17) is 9.47 Å². The lowest BCUT2D eigenvalue weighted by Gasteiger charge is -2.25. The molecule has 5 nitrogen and oxygen atoms in total. The molecule has 2 heterocycles. The molecule has 2 aromatic rings. The zero-order valence-corrected chi connectivity index (χ0v) is 16.3. The van der Waals surface area contributed by atoms with E-state index in [1.807, 2.05) is 24.3 Å². The van der Waals surface area contributed by atoms with Crippen molar-refractivity contribution in [1.29, 1.82) is 0 Å². The summed E-state index contributed by atoms with van der Waals surface area (Å²) in [6, 6.07) is 16.2. The SMILES string of the molecule is O=C(CN1CCOCC1)c1ccc(OCCCN2Cc3ccccc3C2)cc1. The molecule has 2 aromatic carbocycles. The molecule has 0 aliphatic carbocycles. The molecule has 2 aliphatic rings. The van der Waals surface area contributed by atoms with Crippen LogP contribution in [-0.4, -0.2) is 61.6 Å². The molecule has 0 N–H and O–H groups in total. The Morgan fingerprint density at radius 3 is 2.29 bits per heavy atom. The lowest BCUT2D eigenvalue weighted by Crippen LogP contribution is -2.39. The Kier molecular flexibility index (Phi) is 6.37. The van der Waals surface area contributed by atoms with Crippen LogP contribution in [-0.2, 0) is 17.8 Å². The van der Waals surface area contributed by atoms with E-state index in [9.17, 15) is 4.79 Å². The van der Waals surface area contributed by atoms with Gasteiger partial charge in [-0.3, -0.25) is 14.6 Å². The topological polar surface area (TPSA) is 42.0 Å². The number of hydrogen-bond acceptors (Lipinski definition) is 5. The number of hydrogen-bond donors (Lipinski definition) is 0. The van der Waals surface area contributed by atoms with Crippen molar-refractivity contribution in [3.63, 3.8) is 0 Å². The van der Waals surface area contributed by atoms with E-state index in [1.54, 1.807) is 0 Å². The third-order valence-electron chi connectivity index (χ3n) is 5.44. The predicted octanol–water partition coefficient (Wildman–Crippen LogP) is 2.99. The quantitative estimate of drug-likeness (QED) is 0.520. The largest absolute Gasteiger partial charge is 0.494 e. The van der Waals surface area contributed by atoms with Crippen LogP contribution >= 0.6 is 0 Å². The maximum atomic E-state index is 12.4. The van der Waals surface area contributed by atoms with Crippen LogP contribution in [0.5, 0.6) is 5.75 Å². The Labute approximate surface area is 166 Å². The van der Waals surface area contributed by atoms with Gasteiger partial charge in [-0.05, 0) is 41.8 Å². The Morgan fingerprint density at radius 2 is 1.61 bits per heavy atom. The highest BCUT2D eigenvalue weighted by atomic mass is 16.5. The Morgan fingerprint density at radius 1 is 0.929 bits per heavy atom. The van der Waals surface area contributed by atoms with Crippen LogP contribution in [0.2, 0.25) is 0 Å². The van der Waals surface area contributed by atoms with Gasteiger partial charge in [0.25, 0.3) is 0 Å². The molecule has 0 bridgehead atoms. The van der Waals surface area contributed by atoms with Crippen LogP contribution in [0.4, 0.5) is 0 Å².